The molecule has 0 amide bonds. The molecule has 0 aromatic heterocycles. The second-order valence-corrected chi connectivity index (χ2v) is 6.76. The van der Waals surface area contributed by atoms with Gasteiger partial charge >= 0.3 is 0 Å². The number of hydrogen-bond acceptors (Lipinski definition) is 2. The van der Waals surface area contributed by atoms with E-state index in [-0.39, 0.29) is 5.60 Å². The molecule has 0 unspecified atom stereocenters. The van der Waals surface area contributed by atoms with Crippen LogP contribution >= 0.6 is 0 Å². The van der Waals surface area contributed by atoms with Crippen LogP contribution in [0.1, 0.15) is 71.6 Å². The minimum Gasteiger partial charge on any atom is -0.372 e. The minimum absolute atomic E-state index is 0.256. The van der Waals surface area contributed by atoms with Crippen molar-refractivity contribution < 1.29 is 4.74 Å². The highest BCUT2D eigenvalue weighted by atomic mass is 16.5. The Morgan fingerprint density at radius 2 is 1.83 bits per heavy atom. The lowest BCUT2D eigenvalue weighted by molar-refractivity contribution is -0.151. The molecule has 2 fully saturated rings. The van der Waals surface area contributed by atoms with Crippen LogP contribution in [0.2, 0.25) is 0 Å². The molecule has 0 saturated heterocycles. The summed E-state index contributed by atoms with van der Waals surface area (Å²) in [5, 5.41) is 3.57. The van der Waals surface area contributed by atoms with Gasteiger partial charge < -0.3 is 10.1 Å². The molecular weight excluding hydrogens is 222 g/mol. The van der Waals surface area contributed by atoms with Gasteiger partial charge in [0.15, 0.2) is 0 Å². The lowest BCUT2D eigenvalue weighted by Gasteiger charge is -2.45. The predicted octanol–water partition coefficient (Wildman–Crippen LogP) is 3.89. The van der Waals surface area contributed by atoms with Gasteiger partial charge in [0.25, 0.3) is 0 Å². The molecule has 0 atom stereocenters. The normalized spacial score (nSPS) is 24.2. The molecule has 2 saturated carbocycles. The van der Waals surface area contributed by atoms with Crippen molar-refractivity contribution in [2.75, 3.05) is 13.1 Å². The summed E-state index contributed by atoms with van der Waals surface area (Å²) in [6.45, 7) is 6.81. The van der Waals surface area contributed by atoms with Crippen molar-refractivity contribution in [2.24, 2.45) is 5.92 Å². The fraction of sp³-hybridized carbons (Fsp3) is 1.00. The van der Waals surface area contributed by atoms with Gasteiger partial charge in [-0.05, 0) is 57.5 Å². The standard InChI is InChI=1S/C16H31NO/c1-14(2)13-17-12-11-16(9-6-10-16)18-15-7-4-3-5-8-15/h14-15,17H,3-13H2,1-2H3. The Labute approximate surface area is 113 Å². The van der Waals surface area contributed by atoms with E-state index in [9.17, 15) is 0 Å². The molecule has 0 aliphatic heterocycles. The van der Waals surface area contributed by atoms with Crippen molar-refractivity contribution in [1.29, 1.82) is 0 Å². The molecule has 106 valence electrons. The zero-order valence-corrected chi connectivity index (χ0v) is 12.3. The van der Waals surface area contributed by atoms with E-state index in [0.717, 1.165) is 19.0 Å². The van der Waals surface area contributed by atoms with Crippen LogP contribution in [0.3, 0.4) is 0 Å². The number of hydrogen-bond donors (Lipinski definition) is 1. The Hall–Kier alpha value is -0.0800. The van der Waals surface area contributed by atoms with Crippen molar-refractivity contribution >= 4 is 0 Å². The average Bonchev–Trinajstić information content (AvgIpc) is 2.32. The third-order valence-corrected chi connectivity index (χ3v) is 4.54. The van der Waals surface area contributed by atoms with E-state index in [1.807, 2.05) is 0 Å². The summed E-state index contributed by atoms with van der Waals surface area (Å²) in [5.41, 5.74) is 0.256. The first-order valence-electron chi connectivity index (χ1n) is 8.09. The van der Waals surface area contributed by atoms with Crippen LogP contribution in [0.5, 0.6) is 0 Å². The Bertz CT molecular complexity index is 229. The topological polar surface area (TPSA) is 21.3 Å². The largest absolute Gasteiger partial charge is 0.372 e. The van der Waals surface area contributed by atoms with Gasteiger partial charge in [-0.25, -0.2) is 0 Å². The summed E-state index contributed by atoms with van der Waals surface area (Å²) in [6, 6.07) is 0. The first-order chi connectivity index (χ1) is 8.70. The third-order valence-electron chi connectivity index (χ3n) is 4.54. The van der Waals surface area contributed by atoms with Gasteiger partial charge in [0.05, 0.1) is 11.7 Å². The first kappa shape index (κ1) is 14.3. The zero-order valence-electron chi connectivity index (χ0n) is 12.3. The van der Waals surface area contributed by atoms with Crippen LogP contribution in [0, 0.1) is 5.92 Å². The van der Waals surface area contributed by atoms with Crippen molar-refractivity contribution in [2.45, 2.75) is 83.3 Å². The molecule has 18 heavy (non-hydrogen) atoms. The highest BCUT2D eigenvalue weighted by Gasteiger charge is 2.39. The van der Waals surface area contributed by atoms with Crippen molar-refractivity contribution in [1.82, 2.24) is 5.32 Å². The molecule has 2 aliphatic carbocycles. The Balaban J connectivity index is 1.68. The van der Waals surface area contributed by atoms with Gasteiger partial charge in [0.2, 0.25) is 0 Å². The molecule has 2 rings (SSSR count). The molecule has 0 aromatic rings. The first-order valence-corrected chi connectivity index (χ1v) is 8.09. The molecular formula is C16H31NO. The minimum atomic E-state index is 0.256. The monoisotopic (exact) mass is 253 g/mol. The quantitative estimate of drug-likeness (QED) is 0.695. The summed E-state index contributed by atoms with van der Waals surface area (Å²) in [7, 11) is 0. The van der Waals surface area contributed by atoms with Crippen LogP contribution < -0.4 is 5.32 Å². The molecule has 2 heteroatoms. The maximum atomic E-state index is 6.48. The van der Waals surface area contributed by atoms with E-state index in [1.165, 1.54) is 57.8 Å². The molecule has 0 heterocycles. The summed E-state index contributed by atoms with van der Waals surface area (Å²) in [5.74, 6) is 0.751. The molecule has 0 radical (unpaired) electrons. The Morgan fingerprint density at radius 1 is 1.11 bits per heavy atom. The second-order valence-electron chi connectivity index (χ2n) is 6.76. The summed E-state index contributed by atoms with van der Waals surface area (Å²) < 4.78 is 6.48. The van der Waals surface area contributed by atoms with Gasteiger partial charge in [-0.2, -0.15) is 0 Å². The molecule has 0 spiro atoms. The van der Waals surface area contributed by atoms with E-state index in [1.54, 1.807) is 0 Å². The predicted molar refractivity (Wildman–Crippen MR) is 76.9 cm³/mol. The van der Waals surface area contributed by atoms with Gasteiger partial charge in [-0.1, -0.05) is 33.1 Å². The second kappa shape index (κ2) is 6.91. The van der Waals surface area contributed by atoms with E-state index in [0.29, 0.717) is 6.10 Å². The summed E-state index contributed by atoms with van der Waals surface area (Å²) >= 11 is 0. The molecule has 1 N–H and O–H groups in total. The SMILES string of the molecule is CC(C)CNCCC1(OC2CCCCC2)CCC1. The van der Waals surface area contributed by atoms with Crippen molar-refractivity contribution in [3.8, 4) is 0 Å². The van der Waals surface area contributed by atoms with Crippen LogP contribution in [-0.2, 0) is 4.74 Å². The van der Waals surface area contributed by atoms with Gasteiger partial charge in [0, 0.05) is 0 Å². The van der Waals surface area contributed by atoms with E-state index in [2.05, 4.69) is 19.2 Å². The fourth-order valence-corrected chi connectivity index (χ4v) is 3.24. The van der Waals surface area contributed by atoms with E-state index >= 15 is 0 Å². The highest BCUT2D eigenvalue weighted by molar-refractivity contribution is 4.91. The van der Waals surface area contributed by atoms with Crippen LogP contribution in [0.4, 0.5) is 0 Å². The van der Waals surface area contributed by atoms with Crippen LogP contribution in [-0.4, -0.2) is 24.8 Å². The third kappa shape index (κ3) is 4.24. The highest BCUT2D eigenvalue weighted by Crippen LogP contribution is 2.41. The van der Waals surface area contributed by atoms with Gasteiger partial charge in [0.1, 0.15) is 0 Å². The maximum absolute atomic E-state index is 6.48. The average molecular weight is 253 g/mol. The maximum Gasteiger partial charge on any atom is 0.0698 e. The lowest BCUT2D eigenvalue weighted by Crippen LogP contribution is -2.45. The van der Waals surface area contributed by atoms with Gasteiger partial charge in [-0.3, -0.25) is 0 Å². The van der Waals surface area contributed by atoms with E-state index in [4.69, 9.17) is 4.74 Å². The van der Waals surface area contributed by atoms with Crippen molar-refractivity contribution in [3.63, 3.8) is 0 Å². The summed E-state index contributed by atoms with van der Waals surface area (Å²) in [4.78, 5) is 0. The summed E-state index contributed by atoms with van der Waals surface area (Å²) in [6.07, 6.45) is 12.6. The molecule has 0 aromatic carbocycles. The molecule has 2 aliphatic rings. The lowest BCUT2D eigenvalue weighted by atomic mass is 9.77. The van der Waals surface area contributed by atoms with Crippen LogP contribution in [0.15, 0.2) is 0 Å². The van der Waals surface area contributed by atoms with Crippen molar-refractivity contribution in [3.05, 3.63) is 0 Å². The number of ether oxygens (including phenoxy) is 1. The molecule has 0 bridgehead atoms. The Kier molecular flexibility index (Phi) is 5.50. The zero-order chi connectivity index (χ0) is 12.8. The smallest absolute Gasteiger partial charge is 0.0698 e. The number of rotatable bonds is 7. The molecule has 2 nitrogen and oxygen atoms in total. The van der Waals surface area contributed by atoms with Crippen LogP contribution in [0.25, 0.3) is 0 Å². The fourth-order valence-electron chi connectivity index (χ4n) is 3.24. The van der Waals surface area contributed by atoms with Gasteiger partial charge in [-0.15, -0.1) is 0 Å². The Morgan fingerprint density at radius 3 is 2.39 bits per heavy atom. The number of nitrogens with one attached hydrogen (secondary N) is 1. The van der Waals surface area contributed by atoms with E-state index < -0.39 is 0 Å².